The normalized spacial score (nSPS) is 14.7. The Morgan fingerprint density at radius 1 is 0.902 bits per heavy atom. The molecule has 3 aromatic rings. The third-order valence-electron chi connectivity index (χ3n) is 7.31. The number of carbonyl (C=O) groups excluding carboxylic acids is 2. The van der Waals surface area contributed by atoms with Gasteiger partial charge >= 0.3 is 0 Å². The highest BCUT2D eigenvalue weighted by Gasteiger charge is 2.34. The van der Waals surface area contributed by atoms with Crippen molar-refractivity contribution in [3.05, 3.63) is 94.5 Å². The van der Waals surface area contributed by atoms with E-state index in [9.17, 15) is 18.0 Å². The molecule has 0 bridgehead atoms. The van der Waals surface area contributed by atoms with Crippen molar-refractivity contribution in [1.82, 2.24) is 10.2 Å². The standard InChI is InChI=1S/C31H35Cl2N3O4S/c1-2-29(31(38)34-26-11-5-3-6-12-26)35(21-23-16-18-24(32)19-17-23)30(37)22-36(27-13-9-10-25(33)20-27)41(39,40)28-14-7-4-8-15-28/h4,7-10,13-20,26,29H,2-3,5-6,11-12,21-22H2,1H3,(H,34,38). The number of anilines is 1. The molecule has 1 fully saturated rings. The van der Waals surface area contributed by atoms with Crippen LogP contribution >= 0.6 is 23.2 Å². The quantitative estimate of drug-likeness (QED) is 0.269. The van der Waals surface area contributed by atoms with E-state index in [-0.39, 0.29) is 29.1 Å². The molecule has 1 unspecified atom stereocenters. The largest absolute Gasteiger partial charge is 0.352 e. The number of sulfonamides is 1. The van der Waals surface area contributed by atoms with Crippen LogP contribution in [0.5, 0.6) is 0 Å². The molecule has 0 aliphatic heterocycles. The number of nitrogens with zero attached hydrogens (tertiary/aromatic N) is 2. The number of amides is 2. The Morgan fingerprint density at radius 3 is 2.22 bits per heavy atom. The molecule has 0 spiro atoms. The lowest BCUT2D eigenvalue weighted by Gasteiger charge is -2.34. The van der Waals surface area contributed by atoms with Crippen LogP contribution < -0.4 is 9.62 Å². The zero-order valence-electron chi connectivity index (χ0n) is 23.0. The first-order valence-electron chi connectivity index (χ1n) is 13.9. The Hall–Kier alpha value is -3.07. The minimum atomic E-state index is -4.14. The third-order valence-corrected chi connectivity index (χ3v) is 9.59. The van der Waals surface area contributed by atoms with E-state index in [4.69, 9.17) is 23.2 Å². The molecule has 1 saturated carbocycles. The molecule has 3 aromatic carbocycles. The SMILES string of the molecule is CCC(C(=O)NC1CCCCC1)N(Cc1ccc(Cl)cc1)C(=O)CN(c1cccc(Cl)c1)S(=O)(=O)c1ccccc1. The lowest BCUT2D eigenvalue weighted by molar-refractivity contribution is -0.140. The lowest BCUT2D eigenvalue weighted by Crippen LogP contribution is -2.54. The molecule has 2 amide bonds. The van der Waals surface area contributed by atoms with Gasteiger partial charge in [-0.05, 0) is 67.3 Å². The van der Waals surface area contributed by atoms with Crippen molar-refractivity contribution in [2.45, 2.75) is 69.0 Å². The van der Waals surface area contributed by atoms with Crippen LogP contribution in [0.2, 0.25) is 10.0 Å². The summed E-state index contributed by atoms with van der Waals surface area (Å²) >= 11 is 12.3. The molecule has 1 atom stereocenters. The van der Waals surface area contributed by atoms with Crippen LogP contribution in [0.4, 0.5) is 5.69 Å². The number of nitrogens with one attached hydrogen (secondary N) is 1. The van der Waals surface area contributed by atoms with Crippen molar-refractivity contribution in [3.8, 4) is 0 Å². The van der Waals surface area contributed by atoms with Gasteiger partial charge in [0.2, 0.25) is 11.8 Å². The summed E-state index contributed by atoms with van der Waals surface area (Å²) in [6, 6.07) is 20.6. The highest BCUT2D eigenvalue weighted by Crippen LogP contribution is 2.27. The molecule has 10 heteroatoms. The van der Waals surface area contributed by atoms with Gasteiger partial charge in [0, 0.05) is 22.6 Å². The van der Waals surface area contributed by atoms with Gasteiger partial charge in [-0.1, -0.05) is 85.8 Å². The number of carbonyl (C=O) groups is 2. The Balaban J connectivity index is 1.69. The molecule has 4 rings (SSSR count). The molecule has 0 heterocycles. The molecular weight excluding hydrogens is 581 g/mol. The Bertz CT molecular complexity index is 1430. The maximum atomic E-state index is 14.1. The highest BCUT2D eigenvalue weighted by molar-refractivity contribution is 7.92. The average molecular weight is 617 g/mol. The molecule has 1 aliphatic rings. The summed E-state index contributed by atoms with van der Waals surface area (Å²) in [7, 11) is -4.14. The summed E-state index contributed by atoms with van der Waals surface area (Å²) in [6.45, 7) is 1.45. The number of halogens is 2. The van der Waals surface area contributed by atoms with Crippen LogP contribution in [0.3, 0.4) is 0 Å². The molecule has 41 heavy (non-hydrogen) atoms. The van der Waals surface area contributed by atoms with Gasteiger partial charge in [-0.3, -0.25) is 13.9 Å². The fourth-order valence-corrected chi connectivity index (χ4v) is 6.87. The van der Waals surface area contributed by atoms with E-state index >= 15 is 0 Å². The van der Waals surface area contributed by atoms with Gasteiger partial charge in [0.1, 0.15) is 12.6 Å². The van der Waals surface area contributed by atoms with Gasteiger partial charge in [-0.15, -0.1) is 0 Å². The molecule has 1 N–H and O–H groups in total. The van der Waals surface area contributed by atoms with Gasteiger partial charge in [0.25, 0.3) is 10.0 Å². The fourth-order valence-electron chi connectivity index (χ4n) is 5.13. The average Bonchev–Trinajstić information content (AvgIpc) is 2.97. The van der Waals surface area contributed by atoms with Gasteiger partial charge in [0.15, 0.2) is 0 Å². The predicted octanol–water partition coefficient (Wildman–Crippen LogP) is 6.45. The maximum absolute atomic E-state index is 14.1. The molecule has 218 valence electrons. The first-order chi connectivity index (χ1) is 19.7. The highest BCUT2D eigenvalue weighted by atomic mass is 35.5. The van der Waals surface area contributed by atoms with E-state index in [2.05, 4.69) is 5.32 Å². The molecule has 0 radical (unpaired) electrons. The zero-order valence-corrected chi connectivity index (χ0v) is 25.3. The molecule has 0 saturated heterocycles. The second-order valence-corrected chi connectivity index (χ2v) is 13.0. The van der Waals surface area contributed by atoms with Crippen molar-refractivity contribution in [1.29, 1.82) is 0 Å². The van der Waals surface area contributed by atoms with Crippen molar-refractivity contribution in [2.24, 2.45) is 0 Å². The molecular formula is C31H35Cl2N3O4S. The van der Waals surface area contributed by atoms with Crippen molar-refractivity contribution in [3.63, 3.8) is 0 Å². The molecule has 7 nitrogen and oxygen atoms in total. The number of hydrogen-bond donors (Lipinski definition) is 1. The van der Waals surface area contributed by atoms with Crippen LogP contribution in [-0.4, -0.2) is 43.8 Å². The predicted molar refractivity (Wildman–Crippen MR) is 164 cm³/mol. The van der Waals surface area contributed by atoms with Crippen LogP contribution in [-0.2, 0) is 26.2 Å². The van der Waals surface area contributed by atoms with Crippen LogP contribution in [0.1, 0.15) is 51.0 Å². The van der Waals surface area contributed by atoms with Crippen LogP contribution in [0, 0.1) is 0 Å². The minimum Gasteiger partial charge on any atom is -0.352 e. The van der Waals surface area contributed by atoms with Crippen molar-refractivity contribution < 1.29 is 18.0 Å². The Morgan fingerprint density at radius 2 is 1.59 bits per heavy atom. The van der Waals surface area contributed by atoms with Crippen molar-refractivity contribution >= 4 is 50.7 Å². The topological polar surface area (TPSA) is 86.8 Å². The second-order valence-electron chi connectivity index (χ2n) is 10.2. The fraction of sp³-hybridized carbons (Fsp3) is 0.355. The summed E-state index contributed by atoms with van der Waals surface area (Å²) < 4.78 is 28.8. The molecule has 0 aromatic heterocycles. The smallest absolute Gasteiger partial charge is 0.264 e. The number of rotatable bonds is 11. The summed E-state index contributed by atoms with van der Waals surface area (Å²) in [4.78, 5) is 29.2. The van der Waals surface area contributed by atoms with Gasteiger partial charge in [0.05, 0.1) is 10.6 Å². The van der Waals surface area contributed by atoms with Crippen molar-refractivity contribution in [2.75, 3.05) is 10.8 Å². The van der Waals surface area contributed by atoms with E-state index in [0.717, 1.165) is 42.0 Å². The van der Waals surface area contributed by atoms with Gasteiger partial charge < -0.3 is 10.2 Å². The van der Waals surface area contributed by atoms with Gasteiger partial charge in [-0.2, -0.15) is 0 Å². The van der Waals surface area contributed by atoms with E-state index in [1.54, 1.807) is 60.7 Å². The second kappa shape index (κ2) is 14.2. The summed E-state index contributed by atoms with van der Waals surface area (Å²) in [5.41, 5.74) is 1.02. The monoisotopic (exact) mass is 615 g/mol. The lowest BCUT2D eigenvalue weighted by atomic mass is 9.95. The summed E-state index contributed by atoms with van der Waals surface area (Å²) in [5, 5.41) is 4.03. The van der Waals surface area contributed by atoms with E-state index in [1.807, 2.05) is 6.92 Å². The van der Waals surface area contributed by atoms with E-state index < -0.39 is 28.5 Å². The van der Waals surface area contributed by atoms with E-state index in [1.165, 1.54) is 23.1 Å². The van der Waals surface area contributed by atoms with E-state index in [0.29, 0.717) is 16.5 Å². The summed E-state index contributed by atoms with van der Waals surface area (Å²) in [6.07, 6.45) is 5.44. The minimum absolute atomic E-state index is 0.0408. The Kier molecular flexibility index (Phi) is 10.7. The third kappa shape index (κ3) is 8.03. The first-order valence-corrected chi connectivity index (χ1v) is 16.1. The maximum Gasteiger partial charge on any atom is 0.264 e. The zero-order chi connectivity index (χ0) is 29.4. The molecule has 1 aliphatic carbocycles. The first kappa shape index (κ1) is 30.9. The van der Waals surface area contributed by atoms with Crippen LogP contribution in [0.15, 0.2) is 83.8 Å². The Labute approximate surface area is 252 Å². The summed E-state index contributed by atoms with van der Waals surface area (Å²) in [5.74, 6) is -0.744. The van der Waals surface area contributed by atoms with Crippen LogP contribution in [0.25, 0.3) is 0 Å². The number of benzene rings is 3. The number of hydrogen-bond acceptors (Lipinski definition) is 4. The van der Waals surface area contributed by atoms with Gasteiger partial charge in [-0.25, -0.2) is 8.42 Å².